The van der Waals surface area contributed by atoms with Crippen LogP contribution in [0.15, 0.2) is 24.3 Å². The number of nitrogens with one attached hydrogen (secondary N) is 1. The second kappa shape index (κ2) is 6.86. The predicted molar refractivity (Wildman–Crippen MR) is 110 cm³/mol. The number of fused-ring (bicyclic) bond motifs is 1. The molecule has 0 saturated heterocycles. The molecule has 1 amide bonds. The largest absolute Gasteiger partial charge is 0.455 e. The van der Waals surface area contributed by atoms with Crippen molar-refractivity contribution in [1.29, 1.82) is 0 Å². The van der Waals surface area contributed by atoms with Gasteiger partial charge in [0.2, 0.25) is 0 Å². The Kier molecular flexibility index (Phi) is 4.57. The first-order valence-corrected chi connectivity index (χ1v) is 11.5. The molecule has 4 saturated carbocycles. The molecule has 4 nitrogen and oxygen atoms in total. The minimum Gasteiger partial charge on any atom is -0.455 e. The number of hydrogen-bond donors (Lipinski definition) is 1. The van der Waals surface area contributed by atoms with Crippen LogP contribution in [0.4, 0.5) is 0 Å². The molecule has 5 heteroatoms. The SMILES string of the molecule is O=C(COC(=O)C12C[C@H]3C[C@@H](CC(Br)(C3)C1)C2)N[C@@H]1CCCc2ccccc21. The lowest BCUT2D eigenvalue weighted by Gasteiger charge is -2.58. The van der Waals surface area contributed by atoms with Crippen molar-refractivity contribution < 1.29 is 14.3 Å². The van der Waals surface area contributed by atoms with E-state index in [1.54, 1.807) is 0 Å². The van der Waals surface area contributed by atoms with Crippen molar-refractivity contribution in [2.24, 2.45) is 17.3 Å². The van der Waals surface area contributed by atoms with Crippen LogP contribution in [0.2, 0.25) is 0 Å². The number of ether oxygens (including phenoxy) is 1. The Morgan fingerprint density at radius 3 is 2.64 bits per heavy atom. The van der Waals surface area contributed by atoms with Gasteiger partial charge in [-0.3, -0.25) is 9.59 Å². The van der Waals surface area contributed by atoms with Crippen LogP contribution in [0, 0.1) is 17.3 Å². The van der Waals surface area contributed by atoms with E-state index in [-0.39, 0.29) is 34.3 Å². The summed E-state index contributed by atoms with van der Waals surface area (Å²) in [6, 6.07) is 8.33. The van der Waals surface area contributed by atoms with E-state index in [9.17, 15) is 9.59 Å². The van der Waals surface area contributed by atoms with Crippen molar-refractivity contribution in [3.05, 3.63) is 35.4 Å². The highest BCUT2D eigenvalue weighted by molar-refractivity contribution is 9.10. The van der Waals surface area contributed by atoms with Gasteiger partial charge in [-0.05, 0) is 80.8 Å². The molecular formula is C23H28BrNO3. The summed E-state index contributed by atoms with van der Waals surface area (Å²) < 4.78 is 5.71. The van der Waals surface area contributed by atoms with E-state index in [1.807, 2.05) is 12.1 Å². The van der Waals surface area contributed by atoms with Crippen LogP contribution in [0.25, 0.3) is 0 Å². The van der Waals surface area contributed by atoms with Crippen molar-refractivity contribution in [2.45, 2.75) is 68.2 Å². The molecule has 0 spiro atoms. The van der Waals surface area contributed by atoms with Gasteiger partial charge < -0.3 is 10.1 Å². The van der Waals surface area contributed by atoms with Crippen molar-refractivity contribution in [2.75, 3.05) is 6.61 Å². The maximum Gasteiger partial charge on any atom is 0.312 e. The summed E-state index contributed by atoms with van der Waals surface area (Å²) >= 11 is 3.93. The molecule has 5 aliphatic carbocycles. The first-order chi connectivity index (χ1) is 13.4. The van der Waals surface area contributed by atoms with Crippen molar-refractivity contribution in [3.63, 3.8) is 0 Å². The second-order valence-electron chi connectivity index (χ2n) is 9.68. The Hall–Kier alpha value is -1.36. The van der Waals surface area contributed by atoms with Crippen molar-refractivity contribution in [1.82, 2.24) is 5.32 Å². The Morgan fingerprint density at radius 2 is 1.89 bits per heavy atom. The van der Waals surface area contributed by atoms with Gasteiger partial charge in [-0.1, -0.05) is 40.2 Å². The Labute approximate surface area is 174 Å². The topological polar surface area (TPSA) is 55.4 Å². The van der Waals surface area contributed by atoms with Gasteiger partial charge in [-0.15, -0.1) is 0 Å². The standard InChI is InChI=1S/C23H28BrNO3/c24-23-11-15-8-16(12-23)10-22(9-15,14-23)21(27)28-13-20(26)25-19-7-3-5-17-4-1-2-6-18(17)19/h1-2,4,6,15-16,19H,3,5,7-14H2,(H,25,26)/t15-,16-,19-,22?,23?/m1/s1. The zero-order valence-electron chi connectivity index (χ0n) is 16.2. The Morgan fingerprint density at radius 1 is 1.14 bits per heavy atom. The lowest BCUT2D eigenvalue weighted by molar-refractivity contribution is -0.171. The molecule has 28 heavy (non-hydrogen) atoms. The molecule has 6 rings (SSSR count). The molecule has 0 heterocycles. The summed E-state index contributed by atoms with van der Waals surface area (Å²) in [5.41, 5.74) is 2.15. The monoisotopic (exact) mass is 445 g/mol. The van der Waals surface area contributed by atoms with Crippen LogP contribution >= 0.6 is 15.9 Å². The Bertz CT molecular complexity index is 793. The van der Waals surface area contributed by atoms with Crippen LogP contribution in [0.3, 0.4) is 0 Å². The van der Waals surface area contributed by atoms with E-state index < -0.39 is 0 Å². The number of hydrogen-bond acceptors (Lipinski definition) is 3. The maximum atomic E-state index is 13.0. The maximum absolute atomic E-state index is 13.0. The summed E-state index contributed by atoms with van der Waals surface area (Å²) in [5, 5.41) is 3.09. The molecule has 0 aliphatic heterocycles. The summed E-state index contributed by atoms with van der Waals surface area (Å²) in [4.78, 5) is 25.5. The highest BCUT2D eigenvalue weighted by Gasteiger charge is 2.60. The second-order valence-corrected chi connectivity index (χ2v) is 11.4. The molecular weight excluding hydrogens is 418 g/mol. The number of benzene rings is 1. The molecule has 150 valence electrons. The van der Waals surface area contributed by atoms with E-state index in [4.69, 9.17) is 4.74 Å². The predicted octanol–water partition coefficient (Wildman–Crippen LogP) is 4.46. The van der Waals surface area contributed by atoms with E-state index in [2.05, 4.69) is 33.4 Å². The average molecular weight is 446 g/mol. The molecule has 5 aliphatic rings. The van der Waals surface area contributed by atoms with Crippen molar-refractivity contribution in [3.8, 4) is 0 Å². The number of carbonyl (C=O) groups is 2. The van der Waals surface area contributed by atoms with E-state index in [1.165, 1.54) is 30.4 Å². The van der Waals surface area contributed by atoms with Crippen LogP contribution in [-0.2, 0) is 20.7 Å². The van der Waals surface area contributed by atoms with E-state index in [0.29, 0.717) is 11.8 Å². The normalized spacial score (nSPS) is 38.0. The zero-order chi connectivity index (χ0) is 19.4. The first-order valence-electron chi connectivity index (χ1n) is 10.7. The summed E-state index contributed by atoms with van der Waals surface area (Å²) in [7, 11) is 0. The number of aryl methyl sites for hydroxylation is 1. The average Bonchev–Trinajstić information content (AvgIpc) is 2.64. The minimum atomic E-state index is -0.370. The molecule has 4 fully saturated rings. The molecule has 1 N–H and O–H groups in total. The molecule has 0 radical (unpaired) electrons. The summed E-state index contributed by atoms with van der Waals surface area (Å²) in [6.07, 6.45) is 9.43. The fraction of sp³-hybridized carbons (Fsp3) is 0.652. The molecule has 1 aromatic carbocycles. The summed E-state index contributed by atoms with van der Waals surface area (Å²) in [5.74, 6) is 0.916. The third-order valence-corrected chi connectivity index (χ3v) is 8.39. The quantitative estimate of drug-likeness (QED) is 0.549. The van der Waals surface area contributed by atoms with Gasteiger partial charge in [0.15, 0.2) is 6.61 Å². The van der Waals surface area contributed by atoms with Gasteiger partial charge in [0.25, 0.3) is 5.91 Å². The molecule has 0 unspecified atom stereocenters. The molecule has 1 aromatic rings. The molecule has 4 bridgehead atoms. The van der Waals surface area contributed by atoms with Gasteiger partial charge in [0, 0.05) is 4.32 Å². The smallest absolute Gasteiger partial charge is 0.312 e. The fourth-order valence-electron chi connectivity index (χ4n) is 6.81. The lowest BCUT2D eigenvalue weighted by Crippen LogP contribution is -2.56. The number of esters is 1. The molecule has 3 atom stereocenters. The van der Waals surface area contributed by atoms with Gasteiger partial charge in [0.1, 0.15) is 0 Å². The third-order valence-electron chi connectivity index (χ3n) is 7.46. The van der Waals surface area contributed by atoms with Crippen molar-refractivity contribution >= 4 is 27.8 Å². The van der Waals surface area contributed by atoms with E-state index in [0.717, 1.165) is 38.5 Å². The van der Waals surface area contributed by atoms with Gasteiger partial charge >= 0.3 is 5.97 Å². The van der Waals surface area contributed by atoms with Gasteiger partial charge in [0.05, 0.1) is 11.5 Å². The van der Waals surface area contributed by atoms with Gasteiger partial charge in [-0.25, -0.2) is 0 Å². The van der Waals surface area contributed by atoms with E-state index >= 15 is 0 Å². The van der Waals surface area contributed by atoms with Crippen LogP contribution in [-0.4, -0.2) is 22.8 Å². The van der Waals surface area contributed by atoms with Crippen LogP contribution < -0.4 is 5.32 Å². The lowest BCUT2D eigenvalue weighted by atomic mass is 9.49. The third kappa shape index (κ3) is 3.30. The number of rotatable bonds is 4. The number of carbonyl (C=O) groups excluding carboxylic acids is 2. The summed E-state index contributed by atoms with van der Waals surface area (Å²) in [6.45, 7) is -0.163. The molecule has 0 aromatic heterocycles. The fourth-order valence-corrected chi connectivity index (χ4v) is 8.27. The number of halogens is 1. The number of amides is 1. The minimum absolute atomic E-state index is 0.0292. The zero-order valence-corrected chi connectivity index (χ0v) is 17.8. The van der Waals surface area contributed by atoms with Crippen LogP contribution in [0.5, 0.6) is 0 Å². The first kappa shape index (κ1) is 18.7. The highest BCUT2D eigenvalue weighted by atomic mass is 79.9. The number of alkyl halides is 1. The highest BCUT2D eigenvalue weighted by Crippen LogP contribution is 2.64. The Balaban J connectivity index is 1.20. The van der Waals surface area contributed by atoms with Gasteiger partial charge in [-0.2, -0.15) is 0 Å². The van der Waals surface area contributed by atoms with Crippen LogP contribution in [0.1, 0.15) is 68.5 Å².